The minimum atomic E-state index is -3.64. The summed E-state index contributed by atoms with van der Waals surface area (Å²) in [7, 11) is -3.64. The van der Waals surface area contributed by atoms with Gasteiger partial charge in [0.05, 0.1) is 29.3 Å². The Labute approximate surface area is 311 Å². The molecule has 2 N–H and O–H groups in total. The van der Waals surface area contributed by atoms with Crippen LogP contribution in [0.1, 0.15) is 80.7 Å². The topological polar surface area (TPSA) is 158 Å². The van der Waals surface area contributed by atoms with Crippen molar-refractivity contribution < 1.29 is 37.1 Å². The van der Waals surface area contributed by atoms with Gasteiger partial charge in [-0.15, -0.1) is 0 Å². The average Bonchev–Trinajstić information content (AvgIpc) is 3.11. The number of hydrogen-bond acceptors (Lipinski definition) is 8. The molecule has 2 amide bonds. The van der Waals surface area contributed by atoms with Crippen LogP contribution in [-0.4, -0.2) is 49.4 Å². The van der Waals surface area contributed by atoms with Gasteiger partial charge in [0.2, 0.25) is 15.7 Å². The molecular weight excluding hydrogens is 731 g/mol. The van der Waals surface area contributed by atoms with E-state index >= 15 is 0 Å². The second-order valence-corrected chi connectivity index (χ2v) is 15.4. The number of carbonyl (C=O) groups excluding carboxylic acids is 3. The van der Waals surface area contributed by atoms with E-state index in [1.807, 2.05) is 0 Å². The summed E-state index contributed by atoms with van der Waals surface area (Å²) in [6.45, 7) is -0.438. The molecule has 1 aliphatic carbocycles. The molecule has 4 atom stereocenters. The molecule has 272 valence electrons. The number of rotatable bonds is 11. The van der Waals surface area contributed by atoms with Crippen LogP contribution in [0.25, 0.3) is 0 Å². The summed E-state index contributed by atoms with van der Waals surface area (Å²) in [5, 5.41) is 13.4. The van der Waals surface area contributed by atoms with Gasteiger partial charge in [0, 0.05) is 33.8 Å². The fourth-order valence-electron chi connectivity index (χ4n) is 6.93. The van der Waals surface area contributed by atoms with E-state index in [-0.39, 0.29) is 35.4 Å². The van der Waals surface area contributed by atoms with Crippen molar-refractivity contribution in [2.45, 2.75) is 62.9 Å². The van der Waals surface area contributed by atoms with Crippen LogP contribution in [0.3, 0.4) is 0 Å². The first-order valence-corrected chi connectivity index (χ1v) is 19.2. The van der Waals surface area contributed by atoms with E-state index in [9.17, 15) is 28.0 Å². The zero-order valence-corrected chi connectivity index (χ0v) is 30.4. The van der Waals surface area contributed by atoms with Crippen LogP contribution in [0.5, 0.6) is 0 Å². The summed E-state index contributed by atoms with van der Waals surface area (Å²) in [6.07, 6.45) is 4.80. The molecular formula is C37H36Cl2N4O8S. The van der Waals surface area contributed by atoms with Crippen LogP contribution >= 0.6 is 23.2 Å². The van der Waals surface area contributed by atoms with Crippen molar-refractivity contribution in [1.29, 1.82) is 0 Å². The average molecular weight is 768 g/mol. The van der Waals surface area contributed by atoms with Crippen LogP contribution in [0, 0.1) is 5.21 Å². The smallest absolute Gasteiger partial charge is 0.338 e. The number of carbonyl (C=O) groups is 3. The van der Waals surface area contributed by atoms with Gasteiger partial charge in [0.25, 0.3) is 11.8 Å². The third-order valence-electron chi connectivity index (χ3n) is 9.22. The Balaban J connectivity index is 1.26. The highest BCUT2D eigenvalue weighted by molar-refractivity contribution is 7.88. The molecule has 6 rings (SSSR count). The Morgan fingerprint density at radius 2 is 1.67 bits per heavy atom. The van der Waals surface area contributed by atoms with E-state index in [0.29, 0.717) is 44.8 Å². The van der Waals surface area contributed by atoms with Gasteiger partial charge < -0.3 is 14.8 Å². The van der Waals surface area contributed by atoms with Gasteiger partial charge in [-0.05, 0) is 60.4 Å². The Bertz CT molecular complexity index is 2090. The number of hydrogen-bond donors (Lipinski definition) is 2. The number of esters is 1. The molecule has 52 heavy (non-hydrogen) atoms. The minimum absolute atomic E-state index is 0.125. The molecule has 0 spiro atoms. The molecule has 1 saturated carbocycles. The Morgan fingerprint density at radius 3 is 2.40 bits per heavy atom. The molecule has 0 radical (unpaired) electrons. The molecule has 1 aliphatic heterocycles. The first-order valence-electron chi connectivity index (χ1n) is 16.6. The summed E-state index contributed by atoms with van der Waals surface area (Å²) >= 11 is 13.0. The monoisotopic (exact) mass is 766 g/mol. The van der Waals surface area contributed by atoms with E-state index in [1.165, 1.54) is 18.3 Å². The van der Waals surface area contributed by atoms with Crippen molar-refractivity contribution in [2.24, 2.45) is 0 Å². The summed E-state index contributed by atoms with van der Waals surface area (Å²) in [4.78, 5) is 48.2. The van der Waals surface area contributed by atoms with E-state index in [4.69, 9.17) is 32.8 Å². The standard InChI is InChI=1S/C37H36Cl2N4O8S/c1-52(48,49)41-31-13-7-8-14-32(31)43-34(29-18-16-25(38)19-30(29)39)33(27-11-5-6-12-28(27)36(43)45)35(44)40-51-22-26-17-15-23(20-42(26)47)21-50-37(46)24-9-3-2-4-10-24/h2-6,9-12,15-20,31-34,41H,7-8,13-14,21-22H2,1H3,(H,40,44). The second-order valence-electron chi connectivity index (χ2n) is 12.8. The number of fused-ring (bicyclic) bond motifs is 1. The third kappa shape index (κ3) is 8.40. The number of pyridine rings is 1. The van der Waals surface area contributed by atoms with E-state index < -0.39 is 45.9 Å². The number of ether oxygens (including phenoxy) is 1. The maximum Gasteiger partial charge on any atom is 0.338 e. The maximum atomic E-state index is 14.4. The number of nitrogens with one attached hydrogen (secondary N) is 2. The molecule has 4 aromatic rings. The lowest BCUT2D eigenvalue weighted by atomic mass is 9.76. The quantitative estimate of drug-likeness (QED) is 0.0893. The molecule has 1 fully saturated rings. The van der Waals surface area contributed by atoms with Gasteiger partial charge in [0.1, 0.15) is 6.61 Å². The van der Waals surface area contributed by atoms with Crippen LogP contribution in [-0.2, 0) is 37.6 Å². The Morgan fingerprint density at radius 1 is 0.942 bits per heavy atom. The third-order valence-corrected chi connectivity index (χ3v) is 10.5. The molecule has 12 nitrogen and oxygen atoms in total. The first-order chi connectivity index (χ1) is 24.9. The lowest BCUT2D eigenvalue weighted by molar-refractivity contribution is -0.617. The van der Waals surface area contributed by atoms with Crippen LogP contribution in [0.15, 0.2) is 91.1 Å². The normalized spacial score (nSPS) is 20.2. The van der Waals surface area contributed by atoms with Gasteiger partial charge in [-0.1, -0.05) is 78.5 Å². The van der Waals surface area contributed by atoms with Gasteiger partial charge in [0.15, 0.2) is 12.8 Å². The van der Waals surface area contributed by atoms with Crippen molar-refractivity contribution in [3.63, 3.8) is 0 Å². The van der Waals surface area contributed by atoms with Crippen molar-refractivity contribution in [3.8, 4) is 0 Å². The van der Waals surface area contributed by atoms with Crippen LogP contribution < -0.4 is 14.9 Å². The molecule has 4 unspecified atom stereocenters. The van der Waals surface area contributed by atoms with Gasteiger partial charge in [-0.25, -0.2) is 23.4 Å². The van der Waals surface area contributed by atoms with Gasteiger partial charge >= 0.3 is 5.97 Å². The predicted octanol–water partition coefficient (Wildman–Crippen LogP) is 5.37. The fourth-order valence-corrected chi connectivity index (χ4v) is 8.27. The highest BCUT2D eigenvalue weighted by atomic mass is 35.5. The van der Waals surface area contributed by atoms with Crippen LogP contribution in [0.4, 0.5) is 0 Å². The number of amides is 2. The zero-order chi connectivity index (χ0) is 37.0. The summed E-state index contributed by atoms with van der Waals surface area (Å²) in [5.74, 6) is -2.58. The molecule has 2 heterocycles. The Kier molecular flexibility index (Phi) is 11.5. The molecule has 1 aromatic heterocycles. The molecule has 15 heteroatoms. The van der Waals surface area contributed by atoms with Crippen molar-refractivity contribution >= 4 is 51.0 Å². The molecule has 2 aliphatic rings. The first kappa shape index (κ1) is 37.2. The lowest BCUT2D eigenvalue weighted by Crippen LogP contribution is -2.59. The molecule has 0 bridgehead atoms. The van der Waals surface area contributed by atoms with Crippen LogP contribution in [0.2, 0.25) is 10.0 Å². The second kappa shape index (κ2) is 16.0. The maximum absolute atomic E-state index is 14.4. The van der Waals surface area contributed by atoms with Crippen molar-refractivity contribution in [1.82, 2.24) is 15.1 Å². The number of benzene rings is 3. The number of nitrogens with zero attached hydrogens (tertiary/aromatic N) is 2. The number of aromatic nitrogens is 1. The number of hydroxylamine groups is 1. The van der Waals surface area contributed by atoms with Gasteiger partial charge in [-0.3, -0.25) is 14.4 Å². The molecule has 3 aromatic carbocycles. The lowest BCUT2D eigenvalue weighted by Gasteiger charge is -2.49. The number of halogens is 2. The summed E-state index contributed by atoms with van der Waals surface area (Å²) < 4.78 is 33.5. The summed E-state index contributed by atoms with van der Waals surface area (Å²) in [5.41, 5.74) is 4.63. The largest absolute Gasteiger partial charge is 0.618 e. The summed E-state index contributed by atoms with van der Waals surface area (Å²) in [6, 6.07) is 20.9. The van der Waals surface area contributed by atoms with E-state index in [0.717, 1.165) is 19.1 Å². The van der Waals surface area contributed by atoms with Crippen molar-refractivity contribution in [3.05, 3.63) is 140 Å². The SMILES string of the molecule is CS(=O)(=O)NC1CCCCC1N1C(=O)c2ccccc2C(C(=O)NOCc2ccc(COC(=O)c3ccccc3)c[n+]2[O-])C1c1ccc(Cl)cc1Cl. The van der Waals surface area contributed by atoms with Gasteiger partial charge in [-0.2, -0.15) is 4.73 Å². The minimum Gasteiger partial charge on any atom is -0.618 e. The highest BCUT2D eigenvalue weighted by Gasteiger charge is 2.49. The highest BCUT2D eigenvalue weighted by Crippen LogP contribution is 2.47. The van der Waals surface area contributed by atoms with Crippen molar-refractivity contribution in [2.75, 3.05) is 6.26 Å². The molecule has 0 saturated heterocycles. The predicted molar refractivity (Wildman–Crippen MR) is 192 cm³/mol. The van der Waals surface area contributed by atoms with E-state index in [1.54, 1.807) is 77.7 Å². The fraction of sp³-hybridized carbons (Fsp3) is 0.297. The zero-order valence-electron chi connectivity index (χ0n) is 28.0. The Hall–Kier alpha value is -4.53. The number of sulfonamides is 1. The van der Waals surface area contributed by atoms with E-state index in [2.05, 4.69) is 10.2 Å².